The van der Waals surface area contributed by atoms with E-state index in [0.717, 1.165) is 29.9 Å². The standard InChI is InChI=1S/C25H29N3O/c1-18(29)19-8-10-23(11-9-19)28(2)24-12-13-25-20(15-24)5-3-6-21(25)16-27-22-7-4-14-26-17-22/h4,7-15,17-18,21,27,29H,3,5-6,16H2,1-2H3/t18-,21+/m1/s1. The molecule has 1 aliphatic rings. The van der Waals surface area contributed by atoms with Crippen molar-refractivity contribution in [3.8, 4) is 0 Å². The summed E-state index contributed by atoms with van der Waals surface area (Å²) < 4.78 is 0. The van der Waals surface area contributed by atoms with Crippen LogP contribution in [0.1, 0.15) is 48.5 Å². The molecular weight excluding hydrogens is 358 g/mol. The van der Waals surface area contributed by atoms with Gasteiger partial charge in [0.2, 0.25) is 0 Å². The molecule has 150 valence electrons. The molecule has 29 heavy (non-hydrogen) atoms. The third kappa shape index (κ3) is 4.43. The van der Waals surface area contributed by atoms with Crippen LogP contribution in [0.15, 0.2) is 67.0 Å². The number of nitrogens with one attached hydrogen (secondary N) is 1. The zero-order valence-corrected chi connectivity index (χ0v) is 17.2. The fraction of sp³-hybridized carbons (Fsp3) is 0.320. The van der Waals surface area contributed by atoms with Crippen molar-refractivity contribution >= 4 is 17.1 Å². The molecule has 0 saturated heterocycles. The molecule has 0 bridgehead atoms. The lowest BCUT2D eigenvalue weighted by atomic mass is 9.82. The van der Waals surface area contributed by atoms with Gasteiger partial charge in [0.15, 0.2) is 0 Å². The van der Waals surface area contributed by atoms with E-state index in [-0.39, 0.29) is 0 Å². The van der Waals surface area contributed by atoms with Gasteiger partial charge in [-0.05, 0) is 79.3 Å². The Morgan fingerprint density at radius 1 is 1.14 bits per heavy atom. The summed E-state index contributed by atoms with van der Waals surface area (Å²) >= 11 is 0. The molecule has 2 N–H and O–H groups in total. The fourth-order valence-electron chi connectivity index (χ4n) is 4.16. The molecule has 4 rings (SSSR count). The number of aliphatic hydroxyl groups is 1. The average molecular weight is 388 g/mol. The number of benzene rings is 2. The van der Waals surface area contributed by atoms with E-state index in [4.69, 9.17) is 0 Å². The molecular formula is C25H29N3O. The van der Waals surface area contributed by atoms with Crippen molar-refractivity contribution in [3.05, 3.63) is 83.7 Å². The molecule has 0 spiro atoms. The van der Waals surface area contributed by atoms with E-state index in [1.165, 1.54) is 29.7 Å². The van der Waals surface area contributed by atoms with Crippen LogP contribution in [0.2, 0.25) is 0 Å². The number of aromatic nitrogens is 1. The monoisotopic (exact) mass is 387 g/mol. The topological polar surface area (TPSA) is 48.4 Å². The number of pyridine rings is 1. The second-order valence-electron chi connectivity index (χ2n) is 7.92. The Hall–Kier alpha value is -2.85. The highest BCUT2D eigenvalue weighted by Crippen LogP contribution is 2.35. The summed E-state index contributed by atoms with van der Waals surface area (Å²) in [5, 5.41) is 13.3. The highest BCUT2D eigenvalue weighted by molar-refractivity contribution is 5.64. The summed E-state index contributed by atoms with van der Waals surface area (Å²) in [5.74, 6) is 0.531. The summed E-state index contributed by atoms with van der Waals surface area (Å²) in [6.45, 7) is 2.73. The van der Waals surface area contributed by atoms with Crippen LogP contribution in [0.25, 0.3) is 0 Å². The van der Waals surface area contributed by atoms with Crippen LogP contribution in [-0.4, -0.2) is 23.7 Å². The van der Waals surface area contributed by atoms with Crippen LogP contribution in [0.5, 0.6) is 0 Å². The molecule has 0 saturated carbocycles. The first-order chi connectivity index (χ1) is 14.1. The lowest BCUT2D eigenvalue weighted by Gasteiger charge is -2.28. The van der Waals surface area contributed by atoms with Gasteiger partial charge in [0.1, 0.15) is 0 Å². The van der Waals surface area contributed by atoms with Gasteiger partial charge < -0.3 is 15.3 Å². The number of hydrogen-bond acceptors (Lipinski definition) is 4. The molecule has 4 heteroatoms. The maximum Gasteiger partial charge on any atom is 0.0761 e. The highest BCUT2D eigenvalue weighted by Gasteiger charge is 2.21. The van der Waals surface area contributed by atoms with Crippen LogP contribution < -0.4 is 10.2 Å². The molecule has 1 aliphatic carbocycles. The van der Waals surface area contributed by atoms with E-state index in [2.05, 4.69) is 58.6 Å². The number of aryl methyl sites for hydroxylation is 1. The molecule has 0 aliphatic heterocycles. The van der Waals surface area contributed by atoms with Gasteiger partial charge >= 0.3 is 0 Å². The Morgan fingerprint density at radius 2 is 1.93 bits per heavy atom. The van der Waals surface area contributed by atoms with Gasteiger partial charge in [0, 0.05) is 43.3 Å². The first kappa shape index (κ1) is 19.5. The number of rotatable bonds is 6. The van der Waals surface area contributed by atoms with E-state index in [1.54, 1.807) is 13.1 Å². The quantitative estimate of drug-likeness (QED) is 0.592. The van der Waals surface area contributed by atoms with E-state index < -0.39 is 6.10 Å². The third-order valence-electron chi connectivity index (χ3n) is 5.93. The Bertz CT molecular complexity index is 938. The molecule has 0 fully saturated rings. The van der Waals surface area contributed by atoms with Crippen LogP contribution in [0, 0.1) is 0 Å². The van der Waals surface area contributed by atoms with Crippen molar-refractivity contribution in [2.75, 3.05) is 23.8 Å². The van der Waals surface area contributed by atoms with Gasteiger partial charge in [-0.1, -0.05) is 18.2 Å². The Kier molecular flexibility index (Phi) is 5.81. The minimum absolute atomic E-state index is 0.435. The first-order valence-electron chi connectivity index (χ1n) is 10.4. The van der Waals surface area contributed by atoms with Crippen molar-refractivity contribution in [3.63, 3.8) is 0 Å². The molecule has 0 unspecified atom stereocenters. The van der Waals surface area contributed by atoms with E-state index >= 15 is 0 Å². The van der Waals surface area contributed by atoms with Crippen molar-refractivity contribution < 1.29 is 5.11 Å². The summed E-state index contributed by atoms with van der Waals surface area (Å²) in [6.07, 6.45) is 6.83. The second-order valence-corrected chi connectivity index (χ2v) is 7.92. The minimum atomic E-state index is -0.435. The second kappa shape index (κ2) is 8.66. The summed E-state index contributed by atoms with van der Waals surface area (Å²) in [5.41, 5.74) is 7.27. The van der Waals surface area contributed by atoms with E-state index in [0.29, 0.717) is 5.92 Å². The molecule has 2 aromatic carbocycles. The van der Waals surface area contributed by atoms with Crippen LogP contribution in [0.3, 0.4) is 0 Å². The zero-order valence-electron chi connectivity index (χ0n) is 17.2. The average Bonchev–Trinajstić information content (AvgIpc) is 2.77. The summed E-state index contributed by atoms with van der Waals surface area (Å²) in [4.78, 5) is 6.40. The van der Waals surface area contributed by atoms with Gasteiger partial charge in [-0.25, -0.2) is 0 Å². The molecule has 0 amide bonds. The van der Waals surface area contributed by atoms with Crippen LogP contribution >= 0.6 is 0 Å². The number of fused-ring (bicyclic) bond motifs is 1. The molecule has 4 nitrogen and oxygen atoms in total. The van der Waals surface area contributed by atoms with Gasteiger partial charge in [0.25, 0.3) is 0 Å². The van der Waals surface area contributed by atoms with Crippen molar-refractivity contribution in [1.29, 1.82) is 0 Å². The Labute approximate surface area is 173 Å². The summed E-state index contributed by atoms with van der Waals surface area (Å²) in [6, 6.07) is 19.0. The lowest BCUT2D eigenvalue weighted by Crippen LogP contribution is -2.19. The maximum atomic E-state index is 9.72. The zero-order chi connectivity index (χ0) is 20.2. The SMILES string of the molecule is C[C@@H](O)c1ccc(N(C)c2ccc3c(c2)CCC[C@H]3CNc2cccnc2)cc1. The van der Waals surface area contributed by atoms with E-state index in [9.17, 15) is 5.11 Å². The summed E-state index contributed by atoms with van der Waals surface area (Å²) in [7, 11) is 2.10. The lowest BCUT2D eigenvalue weighted by molar-refractivity contribution is 0.199. The van der Waals surface area contributed by atoms with E-state index in [1.807, 2.05) is 24.4 Å². The third-order valence-corrected chi connectivity index (χ3v) is 5.93. The smallest absolute Gasteiger partial charge is 0.0761 e. The van der Waals surface area contributed by atoms with Crippen molar-refractivity contribution in [2.45, 2.75) is 38.2 Å². The van der Waals surface area contributed by atoms with Crippen molar-refractivity contribution in [2.24, 2.45) is 0 Å². The van der Waals surface area contributed by atoms with Gasteiger partial charge in [-0.2, -0.15) is 0 Å². The van der Waals surface area contributed by atoms with Gasteiger partial charge in [-0.15, -0.1) is 0 Å². The molecule has 0 radical (unpaired) electrons. The molecule has 2 atom stereocenters. The van der Waals surface area contributed by atoms with Gasteiger partial charge in [0.05, 0.1) is 11.8 Å². The Balaban J connectivity index is 1.50. The van der Waals surface area contributed by atoms with Gasteiger partial charge in [-0.3, -0.25) is 4.98 Å². The highest BCUT2D eigenvalue weighted by atomic mass is 16.3. The van der Waals surface area contributed by atoms with Crippen LogP contribution in [-0.2, 0) is 6.42 Å². The number of hydrogen-bond donors (Lipinski definition) is 2. The maximum absolute atomic E-state index is 9.72. The molecule has 3 aromatic rings. The molecule has 1 aromatic heterocycles. The normalized spacial score (nSPS) is 16.7. The minimum Gasteiger partial charge on any atom is -0.389 e. The predicted molar refractivity (Wildman–Crippen MR) is 120 cm³/mol. The van der Waals surface area contributed by atoms with Crippen LogP contribution in [0.4, 0.5) is 17.1 Å². The largest absolute Gasteiger partial charge is 0.389 e. The predicted octanol–water partition coefficient (Wildman–Crippen LogP) is 5.43. The number of aliphatic hydroxyl groups excluding tert-OH is 1. The Morgan fingerprint density at radius 3 is 2.66 bits per heavy atom. The molecule has 1 heterocycles. The van der Waals surface area contributed by atoms with Crippen molar-refractivity contribution in [1.82, 2.24) is 4.98 Å². The first-order valence-corrected chi connectivity index (χ1v) is 10.4. The number of anilines is 3. The number of nitrogens with zero attached hydrogens (tertiary/aromatic N) is 2. The fourth-order valence-corrected chi connectivity index (χ4v) is 4.16.